The van der Waals surface area contributed by atoms with E-state index < -0.39 is 11.7 Å². The fraction of sp³-hybridized carbons (Fsp3) is 0.292. The van der Waals surface area contributed by atoms with Gasteiger partial charge in [-0.2, -0.15) is 0 Å². The van der Waals surface area contributed by atoms with Gasteiger partial charge >= 0.3 is 0 Å². The van der Waals surface area contributed by atoms with Crippen molar-refractivity contribution < 1.29 is 28.2 Å². The van der Waals surface area contributed by atoms with E-state index in [0.29, 0.717) is 39.6 Å². The minimum atomic E-state index is -0.573. The number of ether oxygens (including phenoxy) is 3. The first-order valence-corrected chi connectivity index (χ1v) is 12.4. The molecule has 0 spiro atoms. The van der Waals surface area contributed by atoms with Gasteiger partial charge in [0.1, 0.15) is 10.1 Å². The Hall–Kier alpha value is -2.66. The summed E-state index contributed by atoms with van der Waals surface area (Å²) in [4.78, 5) is 27.2. The number of nitrogens with zero attached hydrogens (tertiary/aromatic N) is 1. The highest BCUT2D eigenvalue weighted by Gasteiger charge is 2.34. The van der Waals surface area contributed by atoms with Crippen LogP contribution in [-0.4, -0.2) is 54.0 Å². The topological polar surface area (TPSA) is 77.1 Å². The number of nitrogens with one attached hydrogen (secondary N) is 1. The maximum Gasteiger partial charge on any atom is 0.266 e. The second-order valence-electron chi connectivity index (χ2n) is 7.80. The molecule has 2 aromatic rings. The molecule has 2 fully saturated rings. The van der Waals surface area contributed by atoms with E-state index in [-0.39, 0.29) is 23.6 Å². The Bertz CT molecular complexity index is 1190. The smallest absolute Gasteiger partial charge is 0.266 e. The Morgan fingerprint density at radius 1 is 1.34 bits per heavy atom. The number of amides is 2. The molecule has 1 atom stereocenters. The van der Waals surface area contributed by atoms with Crippen molar-refractivity contribution in [3.05, 3.63) is 57.7 Å². The average Bonchev–Trinajstić information content (AvgIpc) is 3.44. The minimum absolute atomic E-state index is 0.0191. The molecular weight excluding hydrogens is 515 g/mol. The fourth-order valence-corrected chi connectivity index (χ4v) is 5.06. The zero-order valence-corrected chi connectivity index (χ0v) is 21.1. The molecule has 11 heteroatoms. The fourth-order valence-electron chi connectivity index (χ4n) is 3.61. The van der Waals surface area contributed by atoms with Crippen LogP contribution >= 0.6 is 35.6 Å². The maximum atomic E-state index is 13.3. The third kappa shape index (κ3) is 6.32. The molecule has 35 heavy (non-hydrogen) atoms. The lowest BCUT2D eigenvalue weighted by Gasteiger charge is -2.18. The van der Waals surface area contributed by atoms with Gasteiger partial charge in [-0.25, -0.2) is 4.39 Å². The summed E-state index contributed by atoms with van der Waals surface area (Å²) in [6, 6.07) is 8.99. The van der Waals surface area contributed by atoms with Crippen molar-refractivity contribution in [2.75, 3.05) is 32.2 Å². The highest BCUT2D eigenvalue weighted by molar-refractivity contribution is 8.26. The predicted molar refractivity (Wildman–Crippen MR) is 137 cm³/mol. The number of carbonyl (C=O) groups is 2. The molecule has 0 aliphatic carbocycles. The Morgan fingerprint density at radius 2 is 2.17 bits per heavy atom. The highest BCUT2D eigenvalue weighted by atomic mass is 35.5. The summed E-state index contributed by atoms with van der Waals surface area (Å²) in [5.74, 6) is -0.425. The number of halogens is 2. The first-order valence-electron chi connectivity index (χ1n) is 10.8. The van der Waals surface area contributed by atoms with Crippen LogP contribution in [0.2, 0.25) is 5.02 Å². The zero-order chi connectivity index (χ0) is 24.9. The number of thiocarbonyl (C=S) groups is 1. The molecule has 2 saturated heterocycles. The first kappa shape index (κ1) is 25.4. The van der Waals surface area contributed by atoms with Crippen LogP contribution in [-0.2, 0) is 14.3 Å². The Labute approximate surface area is 216 Å². The lowest BCUT2D eigenvalue weighted by Crippen LogP contribution is -2.35. The lowest BCUT2D eigenvalue weighted by atomic mass is 10.1. The SMILES string of the molecule is COc1cc(/C=C2\SC(=S)N(C[C@@H]3CCCO3)C2=O)ccc1OCC(=O)Nc1ccc(F)c(Cl)c1. The normalized spacial score (nSPS) is 18.9. The van der Waals surface area contributed by atoms with Gasteiger partial charge in [0.25, 0.3) is 11.8 Å². The van der Waals surface area contributed by atoms with Crippen LogP contribution in [0.5, 0.6) is 11.5 Å². The summed E-state index contributed by atoms with van der Waals surface area (Å²) in [6.45, 7) is 0.878. The molecule has 0 radical (unpaired) electrons. The van der Waals surface area contributed by atoms with E-state index in [1.165, 1.54) is 31.0 Å². The molecule has 2 aliphatic rings. The van der Waals surface area contributed by atoms with Crippen LogP contribution in [0.25, 0.3) is 6.08 Å². The molecule has 184 valence electrons. The van der Waals surface area contributed by atoms with Gasteiger partial charge in [0, 0.05) is 12.3 Å². The first-order chi connectivity index (χ1) is 16.8. The van der Waals surface area contributed by atoms with Crippen molar-refractivity contribution in [2.45, 2.75) is 18.9 Å². The van der Waals surface area contributed by atoms with Gasteiger partial charge in [-0.15, -0.1) is 0 Å². The van der Waals surface area contributed by atoms with E-state index in [2.05, 4.69) is 5.32 Å². The summed E-state index contributed by atoms with van der Waals surface area (Å²) >= 11 is 12.4. The molecule has 0 bridgehead atoms. The molecule has 1 N–H and O–H groups in total. The van der Waals surface area contributed by atoms with Crippen LogP contribution in [0.4, 0.5) is 10.1 Å². The van der Waals surface area contributed by atoms with Gasteiger partial charge in [0.2, 0.25) is 0 Å². The van der Waals surface area contributed by atoms with Gasteiger partial charge in [-0.05, 0) is 54.8 Å². The Morgan fingerprint density at radius 3 is 2.89 bits per heavy atom. The van der Waals surface area contributed by atoms with Crippen LogP contribution < -0.4 is 14.8 Å². The van der Waals surface area contributed by atoms with Crippen LogP contribution in [0.1, 0.15) is 18.4 Å². The second kappa shape index (κ2) is 11.4. The minimum Gasteiger partial charge on any atom is -0.493 e. The molecule has 2 aromatic carbocycles. The number of thioether (sulfide) groups is 1. The number of hydrogen-bond acceptors (Lipinski definition) is 7. The summed E-state index contributed by atoms with van der Waals surface area (Å²) in [6.07, 6.45) is 3.67. The van der Waals surface area contributed by atoms with Crippen LogP contribution in [0.15, 0.2) is 41.3 Å². The van der Waals surface area contributed by atoms with Crippen LogP contribution in [0.3, 0.4) is 0 Å². The van der Waals surface area contributed by atoms with Crippen LogP contribution in [0, 0.1) is 5.82 Å². The van der Waals surface area contributed by atoms with Gasteiger partial charge < -0.3 is 19.5 Å². The number of benzene rings is 2. The van der Waals surface area contributed by atoms with E-state index in [0.717, 1.165) is 24.5 Å². The van der Waals surface area contributed by atoms with Crippen molar-refractivity contribution in [3.63, 3.8) is 0 Å². The van der Waals surface area contributed by atoms with Gasteiger partial charge in [0.15, 0.2) is 18.1 Å². The summed E-state index contributed by atoms with van der Waals surface area (Å²) < 4.78 is 30.4. The predicted octanol–water partition coefficient (Wildman–Crippen LogP) is 4.89. The Kier molecular flexibility index (Phi) is 8.27. The van der Waals surface area contributed by atoms with Crippen molar-refractivity contribution in [1.82, 2.24) is 4.90 Å². The molecule has 2 aliphatic heterocycles. The monoisotopic (exact) mass is 536 g/mol. The van der Waals surface area contributed by atoms with E-state index in [1.807, 2.05) is 0 Å². The Balaban J connectivity index is 1.39. The molecule has 0 aromatic heterocycles. The second-order valence-corrected chi connectivity index (χ2v) is 9.89. The lowest BCUT2D eigenvalue weighted by molar-refractivity contribution is -0.123. The number of methoxy groups -OCH3 is 1. The molecule has 2 heterocycles. The van der Waals surface area contributed by atoms with Gasteiger partial charge in [-0.1, -0.05) is 41.6 Å². The van der Waals surface area contributed by atoms with E-state index in [4.69, 9.17) is 38.0 Å². The van der Waals surface area contributed by atoms with E-state index in [9.17, 15) is 14.0 Å². The third-order valence-corrected chi connectivity index (χ3v) is 7.00. The number of anilines is 1. The molecule has 0 unspecified atom stereocenters. The number of carbonyl (C=O) groups excluding carboxylic acids is 2. The van der Waals surface area contributed by atoms with Crippen molar-refractivity contribution >= 4 is 63.5 Å². The molecule has 2 amide bonds. The summed E-state index contributed by atoms with van der Waals surface area (Å²) in [7, 11) is 1.48. The van der Waals surface area contributed by atoms with Crippen molar-refractivity contribution in [1.29, 1.82) is 0 Å². The summed E-state index contributed by atoms with van der Waals surface area (Å²) in [5, 5.41) is 2.49. The quantitative estimate of drug-likeness (QED) is 0.380. The van der Waals surface area contributed by atoms with E-state index >= 15 is 0 Å². The largest absolute Gasteiger partial charge is 0.493 e. The standard InChI is InChI=1S/C24H22ClFN2O5S2/c1-31-20-9-14(10-21-23(30)28(24(34)35-21)12-16-3-2-8-32-16)4-7-19(20)33-13-22(29)27-15-5-6-18(26)17(25)11-15/h4-7,9-11,16H,2-3,8,12-13H2,1H3,(H,27,29)/b21-10-/t16-/m0/s1. The number of hydrogen-bond donors (Lipinski definition) is 1. The maximum absolute atomic E-state index is 13.3. The van der Waals surface area contributed by atoms with Crippen molar-refractivity contribution in [2.24, 2.45) is 0 Å². The summed E-state index contributed by atoms with van der Waals surface area (Å²) in [5.41, 5.74) is 1.07. The zero-order valence-electron chi connectivity index (χ0n) is 18.7. The highest BCUT2D eigenvalue weighted by Crippen LogP contribution is 2.35. The molecule has 0 saturated carbocycles. The van der Waals surface area contributed by atoms with Gasteiger partial charge in [0.05, 0.1) is 29.7 Å². The average molecular weight is 537 g/mol. The van der Waals surface area contributed by atoms with E-state index in [1.54, 1.807) is 29.2 Å². The molecular formula is C24H22ClFN2O5S2. The molecule has 4 rings (SSSR count). The number of rotatable bonds is 8. The third-order valence-electron chi connectivity index (χ3n) is 5.33. The molecule has 7 nitrogen and oxygen atoms in total. The van der Waals surface area contributed by atoms with Crippen molar-refractivity contribution in [3.8, 4) is 11.5 Å². The van der Waals surface area contributed by atoms with Gasteiger partial charge in [-0.3, -0.25) is 14.5 Å².